The number of sulfonamides is 1. The van der Waals surface area contributed by atoms with Crippen LogP contribution in [0.3, 0.4) is 0 Å². The van der Waals surface area contributed by atoms with E-state index in [1.165, 1.54) is 44.6 Å². The smallest absolute Gasteiger partial charge is 0.271 e. The molecule has 0 fully saturated rings. The average molecular weight is 352 g/mol. The van der Waals surface area contributed by atoms with Gasteiger partial charge in [0.1, 0.15) is 11.5 Å². The molecular formula is C15H16N2O6S. The van der Waals surface area contributed by atoms with Crippen molar-refractivity contribution >= 4 is 21.4 Å². The lowest BCUT2D eigenvalue weighted by Crippen LogP contribution is -2.14. The van der Waals surface area contributed by atoms with E-state index in [1.54, 1.807) is 6.92 Å². The third kappa shape index (κ3) is 3.57. The molecule has 24 heavy (non-hydrogen) atoms. The van der Waals surface area contributed by atoms with Gasteiger partial charge in [0.2, 0.25) is 0 Å². The van der Waals surface area contributed by atoms with Crippen LogP contribution in [0.15, 0.2) is 41.3 Å². The summed E-state index contributed by atoms with van der Waals surface area (Å²) in [4.78, 5) is 10.3. The summed E-state index contributed by atoms with van der Waals surface area (Å²) in [7, 11) is -1.11. The Bertz CT molecular complexity index is 880. The van der Waals surface area contributed by atoms with Crippen LogP contribution >= 0.6 is 0 Å². The third-order valence-corrected chi connectivity index (χ3v) is 4.68. The van der Waals surface area contributed by atoms with Crippen LogP contribution in [-0.4, -0.2) is 27.6 Å². The minimum Gasteiger partial charge on any atom is -0.496 e. The quantitative estimate of drug-likeness (QED) is 0.632. The average Bonchev–Trinajstić information content (AvgIpc) is 2.54. The summed E-state index contributed by atoms with van der Waals surface area (Å²) in [6.07, 6.45) is 0. The molecule has 0 unspecified atom stereocenters. The molecule has 1 N–H and O–H groups in total. The van der Waals surface area contributed by atoms with E-state index < -0.39 is 14.9 Å². The molecule has 0 aliphatic rings. The first kappa shape index (κ1) is 17.5. The van der Waals surface area contributed by atoms with Crippen LogP contribution in [0.25, 0.3) is 0 Å². The Morgan fingerprint density at radius 1 is 1.04 bits per heavy atom. The molecule has 2 aromatic rings. The second-order valence-corrected chi connectivity index (χ2v) is 6.56. The Morgan fingerprint density at radius 2 is 1.67 bits per heavy atom. The monoisotopic (exact) mass is 352 g/mol. The molecule has 0 saturated carbocycles. The topological polar surface area (TPSA) is 108 Å². The highest BCUT2D eigenvalue weighted by Crippen LogP contribution is 2.31. The highest BCUT2D eigenvalue weighted by atomic mass is 32.2. The van der Waals surface area contributed by atoms with Crippen LogP contribution in [0, 0.1) is 17.0 Å². The number of benzene rings is 2. The van der Waals surface area contributed by atoms with Crippen LogP contribution in [0.2, 0.25) is 0 Å². The van der Waals surface area contributed by atoms with Crippen molar-refractivity contribution < 1.29 is 22.8 Å². The fourth-order valence-corrected chi connectivity index (χ4v) is 3.26. The maximum atomic E-state index is 12.5. The van der Waals surface area contributed by atoms with E-state index in [0.717, 1.165) is 6.07 Å². The number of nitro benzene ring substituents is 1. The van der Waals surface area contributed by atoms with Crippen molar-refractivity contribution in [2.24, 2.45) is 0 Å². The molecule has 9 heteroatoms. The molecule has 2 aromatic carbocycles. The van der Waals surface area contributed by atoms with E-state index >= 15 is 0 Å². The van der Waals surface area contributed by atoms with E-state index in [1.807, 2.05) is 0 Å². The van der Waals surface area contributed by atoms with E-state index in [2.05, 4.69) is 4.72 Å². The zero-order chi connectivity index (χ0) is 17.9. The number of hydrogen-bond acceptors (Lipinski definition) is 6. The Morgan fingerprint density at radius 3 is 2.21 bits per heavy atom. The van der Waals surface area contributed by atoms with Crippen LogP contribution in [0.4, 0.5) is 11.4 Å². The third-order valence-electron chi connectivity index (χ3n) is 3.31. The Kier molecular flexibility index (Phi) is 4.93. The highest BCUT2D eigenvalue weighted by molar-refractivity contribution is 7.92. The van der Waals surface area contributed by atoms with Gasteiger partial charge in [0, 0.05) is 12.1 Å². The normalized spacial score (nSPS) is 11.0. The predicted molar refractivity (Wildman–Crippen MR) is 88.2 cm³/mol. The maximum absolute atomic E-state index is 12.5. The molecule has 8 nitrogen and oxygen atoms in total. The zero-order valence-corrected chi connectivity index (χ0v) is 14.1. The minimum absolute atomic E-state index is 0.00867. The summed E-state index contributed by atoms with van der Waals surface area (Å²) in [5.74, 6) is 0.733. The molecule has 0 aliphatic heterocycles. The lowest BCUT2D eigenvalue weighted by atomic mass is 10.2. The minimum atomic E-state index is -3.94. The predicted octanol–water partition coefficient (Wildman–Crippen LogP) is 2.72. The fourth-order valence-electron chi connectivity index (χ4n) is 2.11. The van der Waals surface area contributed by atoms with Gasteiger partial charge in [0.15, 0.2) is 0 Å². The van der Waals surface area contributed by atoms with Gasteiger partial charge in [-0.1, -0.05) is 0 Å². The summed E-state index contributed by atoms with van der Waals surface area (Å²) < 4.78 is 37.5. The van der Waals surface area contributed by atoms with Gasteiger partial charge in [-0.2, -0.15) is 0 Å². The lowest BCUT2D eigenvalue weighted by molar-refractivity contribution is -0.384. The molecule has 0 amide bonds. The fraction of sp³-hybridized carbons (Fsp3) is 0.200. The number of nitrogens with zero attached hydrogens (tertiary/aromatic N) is 1. The standard InChI is InChI=1S/C15H16N2O6S/c1-10-8-12(5-7-14(10)22-2)24(20,21)16-13-9-11(17(18)19)4-6-15(13)23-3/h4-9,16H,1-3H3. The van der Waals surface area contributed by atoms with Crippen LogP contribution in [-0.2, 0) is 10.0 Å². The molecule has 0 spiro atoms. The maximum Gasteiger partial charge on any atom is 0.271 e. The second-order valence-electron chi connectivity index (χ2n) is 4.88. The van der Waals surface area contributed by atoms with Gasteiger partial charge in [-0.15, -0.1) is 0 Å². The SMILES string of the molecule is COc1ccc(S(=O)(=O)Nc2cc([N+](=O)[O-])ccc2OC)cc1C. The molecule has 0 heterocycles. The van der Waals surface area contributed by atoms with Gasteiger partial charge in [0.05, 0.1) is 29.7 Å². The molecule has 0 aromatic heterocycles. The van der Waals surface area contributed by atoms with E-state index in [4.69, 9.17) is 9.47 Å². The summed E-state index contributed by atoms with van der Waals surface area (Å²) >= 11 is 0. The van der Waals surface area contributed by atoms with Crippen molar-refractivity contribution in [3.05, 3.63) is 52.1 Å². The van der Waals surface area contributed by atoms with Gasteiger partial charge >= 0.3 is 0 Å². The molecule has 0 bridgehead atoms. The molecule has 128 valence electrons. The molecule has 0 radical (unpaired) electrons. The van der Waals surface area contributed by atoms with E-state index in [0.29, 0.717) is 11.3 Å². The Hall–Kier alpha value is -2.81. The first-order chi connectivity index (χ1) is 11.3. The van der Waals surface area contributed by atoms with Gasteiger partial charge in [-0.25, -0.2) is 8.42 Å². The van der Waals surface area contributed by atoms with Crippen molar-refractivity contribution in [3.63, 3.8) is 0 Å². The Labute approximate surface area is 139 Å². The molecular weight excluding hydrogens is 336 g/mol. The van der Waals surface area contributed by atoms with Crippen LogP contribution in [0.5, 0.6) is 11.5 Å². The number of ether oxygens (including phenoxy) is 2. The van der Waals surface area contributed by atoms with Gasteiger partial charge in [0.25, 0.3) is 15.7 Å². The number of nitro groups is 1. The van der Waals surface area contributed by atoms with Crippen molar-refractivity contribution in [2.45, 2.75) is 11.8 Å². The van der Waals surface area contributed by atoms with Gasteiger partial charge in [-0.3, -0.25) is 14.8 Å². The van der Waals surface area contributed by atoms with E-state index in [9.17, 15) is 18.5 Å². The van der Waals surface area contributed by atoms with E-state index in [-0.39, 0.29) is 22.0 Å². The Balaban J connectivity index is 2.43. The number of methoxy groups -OCH3 is 2. The number of non-ortho nitro benzene ring substituents is 1. The molecule has 0 saturated heterocycles. The van der Waals surface area contributed by atoms with Crippen molar-refractivity contribution in [3.8, 4) is 11.5 Å². The van der Waals surface area contributed by atoms with Crippen molar-refractivity contribution in [1.82, 2.24) is 0 Å². The summed E-state index contributed by atoms with van der Waals surface area (Å²) in [5, 5.41) is 10.9. The van der Waals surface area contributed by atoms with Crippen LogP contribution < -0.4 is 14.2 Å². The van der Waals surface area contributed by atoms with Crippen molar-refractivity contribution in [1.29, 1.82) is 0 Å². The molecule has 2 rings (SSSR count). The largest absolute Gasteiger partial charge is 0.496 e. The number of hydrogen-bond donors (Lipinski definition) is 1. The second kappa shape index (κ2) is 6.75. The lowest BCUT2D eigenvalue weighted by Gasteiger charge is -2.13. The van der Waals surface area contributed by atoms with Gasteiger partial charge < -0.3 is 9.47 Å². The van der Waals surface area contributed by atoms with Gasteiger partial charge in [-0.05, 0) is 36.8 Å². The summed E-state index contributed by atoms with van der Waals surface area (Å²) in [6.45, 7) is 1.71. The highest BCUT2D eigenvalue weighted by Gasteiger charge is 2.20. The number of nitrogens with one attached hydrogen (secondary N) is 1. The summed E-state index contributed by atoms with van der Waals surface area (Å²) in [6, 6.07) is 8.04. The first-order valence-electron chi connectivity index (χ1n) is 6.78. The first-order valence-corrected chi connectivity index (χ1v) is 8.26. The zero-order valence-electron chi connectivity index (χ0n) is 13.3. The molecule has 0 aliphatic carbocycles. The number of anilines is 1. The summed E-state index contributed by atoms with van der Waals surface area (Å²) in [5.41, 5.74) is 0.381. The van der Waals surface area contributed by atoms with Crippen molar-refractivity contribution in [2.75, 3.05) is 18.9 Å². The number of aryl methyl sites for hydroxylation is 1. The number of rotatable bonds is 6. The van der Waals surface area contributed by atoms with Crippen LogP contribution in [0.1, 0.15) is 5.56 Å². The molecule has 0 atom stereocenters.